The van der Waals surface area contributed by atoms with Crippen LogP contribution in [0.1, 0.15) is 23.2 Å². The van der Waals surface area contributed by atoms with E-state index in [1.807, 2.05) is 17.0 Å². The van der Waals surface area contributed by atoms with Gasteiger partial charge in [0.15, 0.2) is 0 Å². The number of likely N-dealkylation sites (tertiary alicyclic amines) is 1. The van der Waals surface area contributed by atoms with Gasteiger partial charge in [-0.3, -0.25) is 4.79 Å². The summed E-state index contributed by atoms with van der Waals surface area (Å²) in [5, 5.41) is 0. The van der Waals surface area contributed by atoms with Crippen LogP contribution in [-0.2, 0) is 0 Å². The molecule has 4 nitrogen and oxygen atoms in total. The number of halogens is 2. The number of hydrogen-bond acceptors (Lipinski definition) is 3. The van der Waals surface area contributed by atoms with Crippen molar-refractivity contribution in [1.29, 1.82) is 0 Å². The molecule has 0 radical (unpaired) electrons. The van der Waals surface area contributed by atoms with Crippen LogP contribution in [0.5, 0.6) is 0 Å². The fraction of sp³-hybridized carbons (Fsp3) is 0.500. The lowest BCUT2D eigenvalue weighted by Crippen LogP contribution is -2.44. The van der Waals surface area contributed by atoms with Crippen LogP contribution in [-0.4, -0.2) is 48.9 Å². The summed E-state index contributed by atoms with van der Waals surface area (Å²) >= 11 is 0. The minimum atomic E-state index is 0. The lowest BCUT2D eigenvalue weighted by Gasteiger charge is -2.35. The van der Waals surface area contributed by atoms with Gasteiger partial charge < -0.3 is 15.5 Å². The molecule has 0 saturated carbocycles. The average molecular weight is 320 g/mol. The smallest absolute Gasteiger partial charge is 0.255 e. The number of benzene rings is 1. The summed E-state index contributed by atoms with van der Waals surface area (Å²) in [6, 6.07) is 7.87. The third-order valence-electron chi connectivity index (χ3n) is 3.67. The number of amides is 1. The molecule has 114 valence electrons. The lowest BCUT2D eigenvalue weighted by atomic mass is 10.0. The van der Waals surface area contributed by atoms with Crippen LogP contribution in [0.2, 0.25) is 0 Å². The number of hydrogen-bond donors (Lipinski definition) is 1. The number of nitrogen functional groups attached to an aromatic ring is 1. The zero-order valence-electron chi connectivity index (χ0n) is 11.9. The van der Waals surface area contributed by atoms with Crippen molar-refractivity contribution in [3.63, 3.8) is 0 Å². The quantitative estimate of drug-likeness (QED) is 0.851. The Morgan fingerprint density at radius 2 is 1.75 bits per heavy atom. The molecular weight excluding hydrogens is 297 g/mol. The van der Waals surface area contributed by atoms with Crippen molar-refractivity contribution in [3.8, 4) is 0 Å². The van der Waals surface area contributed by atoms with Crippen molar-refractivity contribution in [1.82, 2.24) is 9.80 Å². The predicted molar refractivity (Wildman–Crippen MR) is 88.0 cm³/mol. The zero-order chi connectivity index (χ0) is 13.1. The van der Waals surface area contributed by atoms with E-state index in [1.54, 1.807) is 12.1 Å². The molecule has 1 aromatic rings. The number of piperidine rings is 1. The van der Waals surface area contributed by atoms with Gasteiger partial charge in [0.05, 0.1) is 5.56 Å². The first-order chi connectivity index (χ1) is 8.59. The second-order valence-electron chi connectivity index (χ2n) is 5.07. The molecule has 0 aromatic heterocycles. The van der Waals surface area contributed by atoms with E-state index in [1.165, 1.54) is 0 Å². The van der Waals surface area contributed by atoms with Crippen LogP contribution in [0.3, 0.4) is 0 Å². The van der Waals surface area contributed by atoms with E-state index >= 15 is 0 Å². The van der Waals surface area contributed by atoms with Gasteiger partial charge in [0.2, 0.25) is 0 Å². The molecule has 1 heterocycles. The Morgan fingerprint density at radius 1 is 1.20 bits per heavy atom. The number of carbonyl (C=O) groups is 1. The average Bonchev–Trinajstić information content (AvgIpc) is 2.38. The Labute approximate surface area is 133 Å². The lowest BCUT2D eigenvalue weighted by molar-refractivity contribution is 0.0664. The Hall–Kier alpha value is -0.970. The molecule has 0 bridgehead atoms. The van der Waals surface area contributed by atoms with E-state index in [0.29, 0.717) is 17.3 Å². The summed E-state index contributed by atoms with van der Waals surface area (Å²) in [5.74, 6) is 0.0605. The molecule has 0 aliphatic carbocycles. The van der Waals surface area contributed by atoms with Gasteiger partial charge in [-0.05, 0) is 39.1 Å². The fourth-order valence-electron chi connectivity index (χ4n) is 2.45. The zero-order valence-corrected chi connectivity index (χ0v) is 13.5. The molecule has 0 unspecified atom stereocenters. The number of nitrogens with two attached hydrogens (primary N) is 1. The van der Waals surface area contributed by atoms with Crippen LogP contribution >= 0.6 is 24.8 Å². The highest BCUT2D eigenvalue weighted by Gasteiger charge is 2.25. The molecule has 2 rings (SSSR count). The van der Waals surface area contributed by atoms with Crippen LogP contribution in [0, 0.1) is 0 Å². The van der Waals surface area contributed by atoms with Gasteiger partial charge in [0.25, 0.3) is 5.91 Å². The van der Waals surface area contributed by atoms with Crippen molar-refractivity contribution in [2.75, 3.05) is 32.9 Å². The Morgan fingerprint density at radius 3 is 2.25 bits per heavy atom. The minimum absolute atomic E-state index is 0. The first kappa shape index (κ1) is 19.0. The molecule has 1 aliphatic rings. The maximum atomic E-state index is 12.3. The first-order valence-electron chi connectivity index (χ1n) is 6.40. The Balaban J connectivity index is 0.00000180. The molecule has 1 fully saturated rings. The van der Waals surface area contributed by atoms with Crippen molar-refractivity contribution in [2.45, 2.75) is 18.9 Å². The van der Waals surface area contributed by atoms with E-state index in [2.05, 4.69) is 19.0 Å². The minimum Gasteiger partial charge on any atom is -0.398 e. The van der Waals surface area contributed by atoms with Crippen LogP contribution in [0.15, 0.2) is 24.3 Å². The van der Waals surface area contributed by atoms with E-state index in [0.717, 1.165) is 25.9 Å². The molecule has 1 aliphatic heterocycles. The number of para-hydroxylation sites is 1. The highest BCUT2D eigenvalue weighted by molar-refractivity contribution is 5.99. The fourth-order valence-corrected chi connectivity index (χ4v) is 2.45. The predicted octanol–water partition coefficient (Wildman–Crippen LogP) is 2.28. The van der Waals surface area contributed by atoms with E-state index in [-0.39, 0.29) is 30.7 Å². The third-order valence-corrected chi connectivity index (χ3v) is 3.67. The SMILES string of the molecule is CN(C)C1CCN(C(=O)c2ccccc2N)CC1.Cl.Cl. The molecule has 1 aromatic carbocycles. The molecule has 6 heteroatoms. The monoisotopic (exact) mass is 319 g/mol. The second kappa shape index (κ2) is 8.35. The van der Waals surface area contributed by atoms with Crippen molar-refractivity contribution in [3.05, 3.63) is 29.8 Å². The van der Waals surface area contributed by atoms with E-state index in [4.69, 9.17) is 5.73 Å². The van der Waals surface area contributed by atoms with Gasteiger partial charge in [-0.1, -0.05) is 12.1 Å². The van der Waals surface area contributed by atoms with Gasteiger partial charge in [0, 0.05) is 24.8 Å². The summed E-state index contributed by atoms with van der Waals surface area (Å²) in [6.45, 7) is 1.63. The summed E-state index contributed by atoms with van der Waals surface area (Å²) in [5.41, 5.74) is 7.04. The summed E-state index contributed by atoms with van der Waals surface area (Å²) in [4.78, 5) is 16.5. The topological polar surface area (TPSA) is 49.6 Å². The van der Waals surface area contributed by atoms with Gasteiger partial charge in [0.1, 0.15) is 0 Å². The highest BCUT2D eigenvalue weighted by Crippen LogP contribution is 2.19. The highest BCUT2D eigenvalue weighted by atomic mass is 35.5. The Kier molecular flexibility index (Phi) is 7.94. The number of anilines is 1. The van der Waals surface area contributed by atoms with Gasteiger partial charge in [-0.2, -0.15) is 0 Å². The number of nitrogens with zero attached hydrogens (tertiary/aromatic N) is 2. The summed E-state index contributed by atoms with van der Waals surface area (Å²) < 4.78 is 0. The van der Waals surface area contributed by atoms with Gasteiger partial charge >= 0.3 is 0 Å². The maximum absolute atomic E-state index is 12.3. The molecule has 1 saturated heterocycles. The molecule has 0 atom stereocenters. The molecule has 1 amide bonds. The molecule has 20 heavy (non-hydrogen) atoms. The van der Waals surface area contributed by atoms with Crippen molar-refractivity contribution < 1.29 is 4.79 Å². The number of carbonyl (C=O) groups excluding carboxylic acids is 1. The standard InChI is InChI=1S/C14H21N3O.2ClH/c1-16(2)11-7-9-17(10-8-11)14(18)12-5-3-4-6-13(12)15;;/h3-6,11H,7-10,15H2,1-2H3;2*1H. The van der Waals surface area contributed by atoms with Crippen molar-refractivity contribution >= 4 is 36.4 Å². The summed E-state index contributed by atoms with van der Waals surface area (Å²) in [6.07, 6.45) is 2.07. The summed E-state index contributed by atoms with van der Waals surface area (Å²) in [7, 11) is 4.19. The molecule has 0 spiro atoms. The second-order valence-corrected chi connectivity index (χ2v) is 5.07. The number of rotatable bonds is 2. The largest absolute Gasteiger partial charge is 0.398 e. The molecular formula is C14H23Cl2N3O. The third kappa shape index (κ3) is 4.27. The van der Waals surface area contributed by atoms with Crippen LogP contribution in [0.25, 0.3) is 0 Å². The van der Waals surface area contributed by atoms with Gasteiger partial charge in [-0.25, -0.2) is 0 Å². The van der Waals surface area contributed by atoms with E-state index < -0.39 is 0 Å². The maximum Gasteiger partial charge on any atom is 0.255 e. The van der Waals surface area contributed by atoms with E-state index in [9.17, 15) is 4.79 Å². The Bertz CT molecular complexity index is 432. The van der Waals surface area contributed by atoms with Gasteiger partial charge in [-0.15, -0.1) is 24.8 Å². The normalized spacial score (nSPS) is 15.4. The van der Waals surface area contributed by atoms with Crippen LogP contribution in [0.4, 0.5) is 5.69 Å². The van der Waals surface area contributed by atoms with Crippen LogP contribution < -0.4 is 5.73 Å². The first-order valence-corrected chi connectivity index (χ1v) is 6.40. The van der Waals surface area contributed by atoms with Crippen molar-refractivity contribution in [2.24, 2.45) is 0 Å². The molecule has 2 N–H and O–H groups in total.